The van der Waals surface area contributed by atoms with Gasteiger partial charge in [-0.1, -0.05) is 57.0 Å². The predicted octanol–water partition coefficient (Wildman–Crippen LogP) is 3.84. The number of unbranched alkanes of at least 4 members (excludes halogenated alkanes) is 2. The van der Waals surface area contributed by atoms with Crippen LogP contribution in [0.15, 0.2) is 42.0 Å². The number of hydrogen-bond donors (Lipinski definition) is 0. The lowest BCUT2D eigenvalue weighted by Crippen LogP contribution is -2.14. The number of esters is 2. The van der Waals surface area contributed by atoms with Crippen LogP contribution >= 0.6 is 0 Å². The fourth-order valence-electron chi connectivity index (χ4n) is 1.90. The van der Waals surface area contributed by atoms with Crippen LogP contribution < -0.4 is 0 Å². The van der Waals surface area contributed by atoms with E-state index in [9.17, 15) is 9.59 Å². The van der Waals surface area contributed by atoms with Crippen molar-refractivity contribution in [2.24, 2.45) is 0 Å². The zero-order valence-electron chi connectivity index (χ0n) is 14.0. The molecule has 1 aromatic carbocycles. The van der Waals surface area contributed by atoms with Crippen molar-refractivity contribution in [3.8, 4) is 0 Å². The molecule has 0 bridgehead atoms. The summed E-state index contributed by atoms with van der Waals surface area (Å²) in [4.78, 5) is 24.0. The van der Waals surface area contributed by atoms with E-state index in [-0.39, 0.29) is 0 Å². The molecule has 126 valence electrons. The van der Waals surface area contributed by atoms with Crippen molar-refractivity contribution in [3.63, 3.8) is 0 Å². The second-order valence-corrected chi connectivity index (χ2v) is 5.34. The zero-order valence-corrected chi connectivity index (χ0v) is 14.0. The molecule has 0 saturated carbocycles. The van der Waals surface area contributed by atoms with Crippen LogP contribution in [0, 0.1) is 0 Å². The standard InChI is InChI=1S/C19H26O4/c1-3-5-12-22-18(20)15-17(19(21)23-13-6-4-2)14-16-10-8-7-9-11-16/h7-11,15H,3-6,12-14H2,1-2H3/b17-15-. The third-order valence-electron chi connectivity index (χ3n) is 3.26. The Kier molecular flexibility index (Phi) is 9.45. The molecule has 0 unspecified atom stereocenters. The van der Waals surface area contributed by atoms with Gasteiger partial charge in [-0.2, -0.15) is 0 Å². The molecule has 1 rings (SSSR count). The van der Waals surface area contributed by atoms with Crippen LogP contribution in [0.5, 0.6) is 0 Å². The van der Waals surface area contributed by atoms with Gasteiger partial charge in [-0.25, -0.2) is 9.59 Å². The molecule has 0 atom stereocenters. The van der Waals surface area contributed by atoms with Gasteiger partial charge in [0.2, 0.25) is 0 Å². The van der Waals surface area contributed by atoms with Crippen molar-refractivity contribution in [2.45, 2.75) is 46.0 Å². The van der Waals surface area contributed by atoms with Gasteiger partial charge < -0.3 is 9.47 Å². The van der Waals surface area contributed by atoms with E-state index in [2.05, 4.69) is 0 Å². The number of benzene rings is 1. The highest BCUT2D eigenvalue weighted by molar-refractivity contribution is 5.96. The van der Waals surface area contributed by atoms with E-state index in [1.807, 2.05) is 44.2 Å². The van der Waals surface area contributed by atoms with Crippen LogP contribution in [-0.2, 0) is 25.5 Å². The average molecular weight is 318 g/mol. The molecule has 0 aliphatic heterocycles. The molecule has 0 aliphatic carbocycles. The van der Waals surface area contributed by atoms with Crippen molar-refractivity contribution >= 4 is 11.9 Å². The van der Waals surface area contributed by atoms with Crippen molar-refractivity contribution in [1.82, 2.24) is 0 Å². The van der Waals surface area contributed by atoms with Crippen LogP contribution in [0.3, 0.4) is 0 Å². The summed E-state index contributed by atoms with van der Waals surface area (Å²) in [5.74, 6) is -0.938. The Hall–Kier alpha value is -2.10. The monoisotopic (exact) mass is 318 g/mol. The minimum Gasteiger partial charge on any atom is -0.463 e. The van der Waals surface area contributed by atoms with Gasteiger partial charge in [0.15, 0.2) is 0 Å². The number of rotatable bonds is 10. The Balaban J connectivity index is 2.74. The molecule has 23 heavy (non-hydrogen) atoms. The minimum absolute atomic E-state index is 0.328. The first kappa shape index (κ1) is 18.9. The van der Waals surface area contributed by atoms with Crippen molar-refractivity contribution < 1.29 is 19.1 Å². The van der Waals surface area contributed by atoms with E-state index in [4.69, 9.17) is 9.47 Å². The van der Waals surface area contributed by atoms with E-state index in [0.717, 1.165) is 31.2 Å². The maximum atomic E-state index is 12.2. The molecule has 0 spiro atoms. The van der Waals surface area contributed by atoms with Gasteiger partial charge in [0, 0.05) is 18.1 Å². The second kappa shape index (κ2) is 11.5. The first-order valence-corrected chi connectivity index (χ1v) is 8.25. The summed E-state index contributed by atoms with van der Waals surface area (Å²) in [5, 5.41) is 0. The third kappa shape index (κ3) is 8.19. The van der Waals surface area contributed by atoms with E-state index in [1.165, 1.54) is 6.08 Å². The Labute approximate surface area is 138 Å². The highest BCUT2D eigenvalue weighted by atomic mass is 16.5. The number of carbonyl (C=O) groups excluding carboxylic acids is 2. The lowest BCUT2D eigenvalue weighted by molar-refractivity contribution is -0.141. The van der Waals surface area contributed by atoms with Crippen molar-refractivity contribution in [1.29, 1.82) is 0 Å². The van der Waals surface area contributed by atoms with Crippen molar-refractivity contribution in [2.75, 3.05) is 13.2 Å². The van der Waals surface area contributed by atoms with Crippen LogP contribution in [0.2, 0.25) is 0 Å². The molecule has 1 aromatic rings. The predicted molar refractivity (Wildman–Crippen MR) is 90.0 cm³/mol. The quantitative estimate of drug-likeness (QED) is 0.374. The van der Waals surface area contributed by atoms with E-state index in [0.29, 0.717) is 25.2 Å². The van der Waals surface area contributed by atoms with Crippen LogP contribution in [0.25, 0.3) is 0 Å². The molecule has 0 amide bonds. The second-order valence-electron chi connectivity index (χ2n) is 5.34. The molecule has 0 N–H and O–H groups in total. The Morgan fingerprint density at radius 2 is 1.57 bits per heavy atom. The Bertz CT molecular complexity index is 505. The lowest BCUT2D eigenvalue weighted by Gasteiger charge is -2.09. The van der Waals surface area contributed by atoms with E-state index >= 15 is 0 Å². The van der Waals surface area contributed by atoms with Gasteiger partial charge in [-0.05, 0) is 18.4 Å². The van der Waals surface area contributed by atoms with Gasteiger partial charge in [0.05, 0.1) is 13.2 Å². The number of hydrogen-bond acceptors (Lipinski definition) is 4. The summed E-state index contributed by atoms with van der Waals surface area (Å²) < 4.78 is 10.3. The Morgan fingerprint density at radius 1 is 0.957 bits per heavy atom. The van der Waals surface area contributed by atoms with E-state index < -0.39 is 11.9 Å². The summed E-state index contributed by atoms with van der Waals surface area (Å²) in [7, 11) is 0. The van der Waals surface area contributed by atoms with Gasteiger partial charge in [-0.15, -0.1) is 0 Å². The molecule has 0 saturated heterocycles. The maximum Gasteiger partial charge on any atom is 0.334 e. The SMILES string of the molecule is CCCCOC(=O)/C=C(/Cc1ccccc1)C(=O)OCCCC. The fourth-order valence-corrected chi connectivity index (χ4v) is 1.90. The smallest absolute Gasteiger partial charge is 0.334 e. The van der Waals surface area contributed by atoms with Crippen molar-refractivity contribution in [3.05, 3.63) is 47.5 Å². The molecular weight excluding hydrogens is 292 g/mol. The molecule has 0 aliphatic rings. The topological polar surface area (TPSA) is 52.6 Å². The summed E-state index contributed by atoms with van der Waals surface area (Å²) in [6, 6.07) is 9.53. The number of ether oxygens (including phenoxy) is 2. The molecular formula is C19H26O4. The van der Waals surface area contributed by atoms with Crippen LogP contribution in [0.1, 0.15) is 45.1 Å². The summed E-state index contributed by atoms with van der Waals surface area (Å²) in [5.41, 5.74) is 1.28. The average Bonchev–Trinajstić information content (AvgIpc) is 2.55. The third-order valence-corrected chi connectivity index (χ3v) is 3.26. The van der Waals surface area contributed by atoms with Crippen LogP contribution in [-0.4, -0.2) is 25.2 Å². The number of carbonyl (C=O) groups is 2. The minimum atomic E-state index is -0.489. The summed E-state index contributed by atoms with van der Waals surface area (Å²) >= 11 is 0. The molecule has 0 radical (unpaired) electrons. The summed E-state index contributed by atoms with van der Waals surface area (Å²) in [6.07, 6.45) is 5.14. The molecule has 4 heteroatoms. The first-order chi connectivity index (χ1) is 11.2. The normalized spacial score (nSPS) is 11.1. The lowest BCUT2D eigenvalue weighted by atomic mass is 10.1. The first-order valence-electron chi connectivity index (χ1n) is 8.25. The molecule has 0 aromatic heterocycles. The highest BCUT2D eigenvalue weighted by Gasteiger charge is 2.14. The zero-order chi connectivity index (χ0) is 16.9. The Morgan fingerprint density at radius 3 is 2.17 bits per heavy atom. The van der Waals surface area contributed by atoms with Gasteiger partial charge >= 0.3 is 11.9 Å². The molecule has 4 nitrogen and oxygen atoms in total. The maximum absolute atomic E-state index is 12.2. The highest BCUT2D eigenvalue weighted by Crippen LogP contribution is 2.11. The van der Waals surface area contributed by atoms with Gasteiger partial charge in [-0.3, -0.25) is 0 Å². The fraction of sp³-hybridized carbons (Fsp3) is 0.474. The summed E-state index contributed by atoms with van der Waals surface area (Å²) in [6.45, 7) is 4.79. The largest absolute Gasteiger partial charge is 0.463 e. The van der Waals surface area contributed by atoms with Gasteiger partial charge in [0.1, 0.15) is 0 Å². The molecule has 0 fully saturated rings. The van der Waals surface area contributed by atoms with E-state index in [1.54, 1.807) is 0 Å². The molecule has 0 heterocycles. The van der Waals surface area contributed by atoms with Gasteiger partial charge in [0.25, 0.3) is 0 Å². The van der Waals surface area contributed by atoms with Crippen LogP contribution in [0.4, 0.5) is 0 Å².